The SMILES string of the molecule is C=Cc1ccc(-c2cn(OC(C)C)cc(-c3ccc(OCCF)cc3)c2=S)c(C=C)c1. The molecular weight excluding hydrogens is 409 g/mol. The molecule has 0 bridgehead atoms. The number of alkyl halides is 1. The summed E-state index contributed by atoms with van der Waals surface area (Å²) in [6, 6.07) is 13.5. The van der Waals surface area contributed by atoms with E-state index in [2.05, 4.69) is 13.2 Å². The first-order chi connectivity index (χ1) is 15.0. The van der Waals surface area contributed by atoms with Crippen LogP contribution >= 0.6 is 12.2 Å². The summed E-state index contributed by atoms with van der Waals surface area (Å²) in [5.74, 6) is 0.615. The van der Waals surface area contributed by atoms with E-state index in [1.54, 1.807) is 10.8 Å². The zero-order chi connectivity index (χ0) is 22.4. The second kappa shape index (κ2) is 10.2. The minimum atomic E-state index is -0.525. The van der Waals surface area contributed by atoms with Crippen LogP contribution < -0.4 is 9.57 Å². The van der Waals surface area contributed by atoms with E-state index < -0.39 is 6.67 Å². The summed E-state index contributed by atoms with van der Waals surface area (Å²) in [6.45, 7) is 11.3. The van der Waals surface area contributed by atoms with Crippen molar-refractivity contribution in [1.82, 2.24) is 4.73 Å². The minimum absolute atomic E-state index is 0.0137. The van der Waals surface area contributed by atoms with E-state index in [0.717, 1.165) is 33.4 Å². The van der Waals surface area contributed by atoms with Gasteiger partial charge in [-0.25, -0.2) is 4.39 Å². The first kappa shape index (κ1) is 22.5. The first-order valence-electron chi connectivity index (χ1n) is 10.1. The number of aromatic nitrogens is 1. The van der Waals surface area contributed by atoms with Crippen molar-refractivity contribution in [3.05, 3.63) is 83.7 Å². The van der Waals surface area contributed by atoms with Crippen molar-refractivity contribution >= 4 is 24.4 Å². The predicted molar refractivity (Wildman–Crippen MR) is 130 cm³/mol. The molecule has 0 radical (unpaired) electrons. The van der Waals surface area contributed by atoms with Gasteiger partial charge < -0.3 is 9.57 Å². The first-order valence-corrected chi connectivity index (χ1v) is 10.5. The topological polar surface area (TPSA) is 23.4 Å². The third-order valence-electron chi connectivity index (χ3n) is 4.67. The van der Waals surface area contributed by atoms with Crippen LogP contribution in [0.1, 0.15) is 25.0 Å². The maximum absolute atomic E-state index is 12.4. The number of hydrogen-bond donors (Lipinski definition) is 0. The number of pyridine rings is 1. The lowest BCUT2D eigenvalue weighted by atomic mass is 9.96. The van der Waals surface area contributed by atoms with Crippen molar-refractivity contribution in [2.24, 2.45) is 0 Å². The number of halogens is 1. The molecule has 0 unspecified atom stereocenters. The van der Waals surface area contributed by atoms with E-state index in [1.807, 2.05) is 74.8 Å². The quantitative estimate of drug-likeness (QED) is 0.337. The molecule has 2 aromatic carbocycles. The van der Waals surface area contributed by atoms with Gasteiger partial charge in [0, 0.05) is 11.1 Å². The molecule has 0 spiro atoms. The summed E-state index contributed by atoms with van der Waals surface area (Å²) >= 11 is 5.90. The van der Waals surface area contributed by atoms with Crippen molar-refractivity contribution in [3.8, 4) is 28.0 Å². The number of rotatable bonds is 9. The third kappa shape index (κ3) is 5.30. The third-order valence-corrected chi connectivity index (χ3v) is 5.11. The van der Waals surface area contributed by atoms with Crippen molar-refractivity contribution in [3.63, 3.8) is 0 Å². The maximum atomic E-state index is 12.4. The zero-order valence-electron chi connectivity index (χ0n) is 17.8. The Morgan fingerprint density at radius 3 is 2.32 bits per heavy atom. The molecule has 160 valence electrons. The average molecular weight is 436 g/mol. The molecule has 3 aromatic rings. The second-order valence-corrected chi connectivity index (χ2v) is 7.65. The molecule has 0 aliphatic heterocycles. The maximum Gasteiger partial charge on any atom is 0.123 e. The van der Waals surface area contributed by atoms with Crippen LogP contribution in [-0.4, -0.2) is 24.1 Å². The van der Waals surface area contributed by atoms with Crippen molar-refractivity contribution in [2.45, 2.75) is 20.0 Å². The predicted octanol–water partition coefficient (Wildman–Crippen LogP) is 7.02. The highest BCUT2D eigenvalue weighted by Gasteiger charge is 2.13. The molecule has 0 saturated heterocycles. The molecule has 0 aliphatic carbocycles. The number of benzene rings is 2. The van der Waals surface area contributed by atoms with E-state index in [1.165, 1.54) is 0 Å². The monoisotopic (exact) mass is 435 g/mol. The molecule has 3 rings (SSSR count). The summed E-state index contributed by atoms with van der Waals surface area (Å²) < 4.78 is 20.1. The van der Waals surface area contributed by atoms with Crippen LogP contribution in [0.2, 0.25) is 0 Å². The van der Waals surface area contributed by atoms with Gasteiger partial charge in [0.1, 0.15) is 25.1 Å². The van der Waals surface area contributed by atoms with Gasteiger partial charge >= 0.3 is 0 Å². The second-order valence-electron chi connectivity index (χ2n) is 7.25. The molecule has 5 heteroatoms. The van der Waals surface area contributed by atoms with Gasteiger partial charge in [0.15, 0.2) is 0 Å². The molecule has 0 aliphatic rings. The Balaban J connectivity index is 2.16. The van der Waals surface area contributed by atoms with Crippen LogP contribution in [0, 0.1) is 4.51 Å². The molecule has 0 N–H and O–H groups in total. The fourth-order valence-electron chi connectivity index (χ4n) is 3.27. The smallest absolute Gasteiger partial charge is 0.123 e. The Morgan fingerprint density at radius 1 is 1.00 bits per heavy atom. The highest BCUT2D eigenvalue weighted by atomic mass is 32.1. The summed E-state index contributed by atoms with van der Waals surface area (Å²) in [6.07, 6.45) is 7.39. The fraction of sp³-hybridized carbons (Fsp3) is 0.192. The average Bonchev–Trinajstić information content (AvgIpc) is 2.78. The van der Waals surface area contributed by atoms with Crippen molar-refractivity contribution in [2.75, 3.05) is 13.3 Å². The summed E-state index contributed by atoms with van der Waals surface area (Å²) in [5, 5.41) is 0. The van der Waals surface area contributed by atoms with Crippen molar-refractivity contribution < 1.29 is 14.0 Å². The molecule has 0 fully saturated rings. The van der Waals surface area contributed by atoms with E-state index >= 15 is 0 Å². The fourth-order valence-corrected chi connectivity index (χ4v) is 3.60. The standard InChI is InChI=1S/C26H26FNO2S/c1-5-19-7-12-23(20(6-2)15-19)25-17-28(30-18(3)4)16-24(26(25)31)21-8-10-22(11-9-21)29-14-13-27/h5-12,15-18H,1-2,13-14H2,3-4H3. The van der Waals surface area contributed by atoms with Crippen LogP contribution in [0.5, 0.6) is 5.75 Å². The highest BCUT2D eigenvalue weighted by molar-refractivity contribution is 7.71. The van der Waals surface area contributed by atoms with E-state index in [4.69, 9.17) is 21.8 Å². The van der Waals surface area contributed by atoms with Gasteiger partial charge in [-0.1, -0.05) is 61.8 Å². The van der Waals surface area contributed by atoms with Gasteiger partial charge in [0.2, 0.25) is 0 Å². The van der Waals surface area contributed by atoms with Gasteiger partial charge in [0.25, 0.3) is 0 Å². The van der Waals surface area contributed by atoms with E-state index in [0.29, 0.717) is 10.3 Å². The van der Waals surface area contributed by atoms with E-state index in [-0.39, 0.29) is 12.7 Å². The van der Waals surface area contributed by atoms with Crippen molar-refractivity contribution in [1.29, 1.82) is 0 Å². The largest absolute Gasteiger partial charge is 0.491 e. The lowest BCUT2D eigenvalue weighted by Crippen LogP contribution is -2.19. The lowest BCUT2D eigenvalue weighted by molar-refractivity contribution is 0.0592. The van der Waals surface area contributed by atoms with Gasteiger partial charge in [-0.3, -0.25) is 0 Å². The van der Waals surface area contributed by atoms with Gasteiger partial charge in [-0.05, 0) is 54.3 Å². The Kier molecular flexibility index (Phi) is 7.42. The van der Waals surface area contributed by atoms with Crippen LogP contribution in [0.3, 0.4) is 0 Å². The Bertz CT molecular complexity index is 1130. The Hall–Kier alpha value is -3.18. The molecular formula is C26H26FNO2S. The zero-order valence-corrected chi connectivity index (χ0v) is 18.6. The highest BCUT2D eigenvalue weighted by Crippen LogP contribution is 2.32. The van der Waals surface area contributed by atoms with Crippen LogP contribution in [0.15, 0.2) is 68.0 Å². The lowest BCUT2D eigenvalue weighted by Gasteiger charge is -2.18. The summed E-state index contributed by atoms with van der Waals surface area (Å²) in [7, 11) is 0. The number of hydrogen-bond acceptors (Lipinski definition) is 3. The van der Waals surface area contributed by atoms with Gasteiger partial charge in [-0.15, -0.1) is 0 Å². The normalized spacial score (nSPS) is 10.7. The molecule has 0 amide bonds. The van der Waals surface area contributed by atoms with Gasteiger partial charge in [-0.2, -0.15) is 4.73 Å². The number of nitrogens with zero attached hydrogens (tertiary/aromatic N) is 1. The number of ether oxygens (including phenoxy) is 1. The minimum Gasteiger partial charge on any atom is -0.491 e. The van der Waals surface area contributed by atoms with Gasteiger partial charge in [0.05, 0.1) is 16.9 Å². The van der Waals surface area contributed by atoms with Crippen LogP contribution in [0.25, 0.3) is 34.4 Å². The van der Waals surface area contributed by atoms with Crippen LogP contribution in [-0.2, 0) is 0 Å². The molecule has 0 atom stereocenters. The van der Waals surface area contributed by atoms with E-state index in [9.17, 15) is 4.39 Å². The molecule has 0 saturated carbocycles. The molecule has 1 aromatic heterocycles. The molecule has 3 nitrogen and oxygen atoms in total. The Morgan fingerprint density at radius 2 is 1.71 bits per heavy atom. The summed E-state index contributed by atoms with van der Waals surface area (Å²) in [4.78, 5) is 5.95. The summed E-state index contributed by atoms with van der Waals surface area (Å²) in [5.41, 5.74) is 5.59. The molecule has 31 heavy (non-hydrogen) atoms. The van der Waals surface area contributed by atoms with Crippen LogP contribution in [0.4, 0.5) is 4.39 Å². The molecule has 1 heterocycles. The Labute approximate surface area is 188 Å².